The number of nitrogens with one attached hydrogen (secondary N) is 1. The summed E-state index contributed by atoms with van der Waals surface area (Å²) in [5, 5.41) is 25.3. The molecule has 2 aliphatic heterocycles. The third-order valence-corrected chi connectivity index (χ3v) is 8.46. The Morgan fingerprint density at radius 1 is 1.42 bits per heavy atom. The van der Waals surface area contributed by atoms with Gasteiger partial charge >= 0.3 is 5.97 Å². The third-order valence-electron chi connectivity index (χ3n) is 5.38. The largest absolute Gasteiger partial charge is 0.477 e. The molecule has 16 heteroatoms. The van der Waals surface area contributed by atoms with Crippen molar-refractivity contribution in [2.45, 2.75) is 16.3 Å². The summed E-state index contributed by atoms with van der Waals surface area (Å²) in [6.07, 6.45) is 3.45. The zero-order valence-electron chi connectivity index (χ0n) is 18.5. The number of oxime groups is 1. The maximum absolute atomic E-state index is 13.0. The van der Waals surface area contributed by atoms with Gasteiger partial charge in [-0.25, -0.2) is 14.3 Å². The molecule has 13 nitrogen and oxygen atoms in total. The number of anilines is 1. The highest BCUT2D eigenvalue weighted by Gasteiger charge is 2.54. The predicted octanol–water partition coefficient (Wildman–Crippen LogP) is 0.649. The van der Waals surface area contributed by atoms with Crippen LogP contribution in [-0.2, 0) is 19.2 Å². The van der Waals surface area contributed by atoms with Crippen molar-refractivity contribution in [2.24, 2.45) is 5.16 Å². The van der Waals surface area contributed by atoms with E-state index in [4.69, 9.17) is 10.6 Å². The number of nitrogens with two attached hydrogens (primary N) is 1. The Balaban J connectivity index is 1.30. The summed E-state index contributed by atoms with van der Waals surface area (Å²) < 4.78 is 1.63. The molecule has 36 heavy (non-hydrogen) atoms. The summed E-state index contributed by atoms with van der Waals surface area (Å²) in [7, 11) is 1.28. The lowest BCUT2D eigenvalue weighted by Crippen LogP contribution is -2.71. The lowest BCUT2D eigenvalue weighted by molar-refractivity contribution is -0.150. The highest BCUT2D eigenvalue weighted by atomic mass is 32.2. The van der Waals surface area contributed by atoms with Crippen LogP contribution in [0, 0.1) is 0 Å². The van der Waals surface area contributed by atoms with Gasteiger partial charge in [-0.05, 0) is 17.7 Å². The Kier molecular flexibility index (Phi) is 6.55. The Labute approximate surface area is 215 Å². The zero-order chi connectivity index (χ0) is 25.4. The smallest absolute Gasteiger partial charge is 0.352 e. The standard InChI is InChI=1S/C20H18N8O5S3/c1-33-25-13(12-8-36-20(21)23-12)16(29)24-14-17(30)28-15(19(31)32)9(7-35-18(14)28)6-34-11-3-2-10-4-22-26-27(10)5-11/h2-5,8,14,18H,6-7H2,1H3,(H2,21,23)(H,24,29)(H,31,32)/b25-13-/t14-,18-/m1/s1. The number of aliphatic carboxylic acids is 1. The van der Waals surface area contributed by atoms with Gasteiger partial charge in [0.25, 0.3) is 11.8 Å². The number of carboxylic acid groups (broad SMARTS) is 1. The molecule has 2 atom stereocenters. The first-order valence-electron chi connectivity index (χ1n) is 10.3. The lowest BCUT2D eigenvalue weighted by Gasteiger charge is -2.49. The van der Waals surface area contributed by atoms with Crippen molar-refractivity contribution in [3.05, 3.63) is 46.9 Å². The summed E-state index contributed by atoms with van der Waals surface area (Å²) >= 11 is 3.95. The number of nitrogens with zero attached hydrogens (tertiary/aromatic N) is 6. The van der Waals surface area contributed by atoms with E-state index in [1.54, 1.807) is 16.1 Å². The molecule has 5 rings (SSSR count). The number of carbonyl (C=O) groups is 3. The number of pyridine rings is 1. The van der Waals surface area contributed by atoms with Crippen molar-refractivity contribution in [3.8, 4) is 0 Å². The van der Waals surface area contributed by atoms with Gasteiger partial charge in [-0.1, -0.05) is 10.4 Å². The molecule has 0 aliphatic carbocycles. The monoisotopic (exact) mass is 546 g/mol. The molecule has 3 aromatic heterocycles. The van der Waals surface area contributed by atoms with Gasteiger partial charge in [0.15, 0.2) is 10.8 Å². The Hall–Kier alpha value is -3.63. The maximum atomic E-state index is 13.0. The first-order chi connectivity index (χ1) is 17.4. The molecule has 2 amide bonds. The molecular formula is C20H18N8O5S3. The van der Waals surface area contributed by atoms with Crippen molar-refractivity contribution in [1.82, 2.24) is 30.0 Å². The van der Waals surface area contributed by atoms with E-state index < -0.39 is 29.2 Å². The summed E-state index contributed by atoms with van der Waals surface area (Å²) in [5.41, 5.74) is 7.13. The topological polar surface area (TPSA) is 177 Å². The minimum atomic E-state index is -1.19. The number of hydrogen-bond acceptors (Lipinski definition) is 12. The van der Waals surface area contributed by atoms with Gasteiger partial charge in [-0.15, -0.1) is 40.0 Å². The van der Waals surface area contributed by atoms with Crippen LogP contribution in [-0.4, -0.2) is 83.3 Å². The van der Waals surface area contributed by atoms with E-state index in [1.807, 2.05) is 18.3 Å². The van der Waals surface area contributed by atoms with Gasteiger partial charge in [0.1, 0.15) is 29.9 Å². The molecule has 0 spiro atoms. The summed E-state index contributed by atoms with van der Waals surface area (Å²) in [5.74, 6) is -1.62. The SMILES string of the molecule is CO/N=C(\C(=O)N[C@@H]1C(=O)N2C(C(=O)O)=C(CSc3ccc4cnnn4c3)CS[C@H]12)c1csc(N)n1. The number of amides is 2. The van der Waals surface area contributed by atoms with Crippen molar-refractivity contribution in [2.75, 3.05) is 24.3 Å². The quantitative estimate of drug-likeness (QED) is 0.156. The van der Waals surface area contributed by atoms with E-state index in [9.17, 15) is 19.5 Å². The van der Waals surface area contributed by atoms with Crippen molar-refractivity contribution < 1.29 is 24.3 Å². The number of carboxylic acids is 1. The molecule has 0 bridgehead atoms. The number of aromatic nitrogens is 4. The molecule has 0 radical (unpaired) electrons. The van der Waals surface area contributed by atoms with Crippen LogP contribution in [0.1, 0.15) is 5.69 Å². The van der Waals surface area contributed by atoms with E-state index in [2.05, 4.69) is 25.8 Å². The van der Waals surface area contributed by atoms with Gasteiger partial charge in [-0.2, -0.15) is 0 Å². The first-order valence-corrected chi connectivity index (χ1v) is 13.2. The molecule has 4 N–H and O–H groups in total. The number of rotatable bonds is 8. The van der Waals surface area contributed by atoms with E-state index in [0.29, 0.717) is 17.1 Å². The third kappa shape index (κ3) is 4.38. The molecule has 3 aromatic rings. The highest BCUT2D eigenvalue weighted by molar-refractivity contribution is 8.01. The summed E-state index contributed by atoms with van der Waals surface area (Å²) in [6, 6.07) is 2.85. The highest BCUT2D eigenvalue weighted by Crippen LogP contribution is 2.41. The van der Waals surface area contributed by atoms with Crippen LogP contribution in [0.3, 0.4) is 0 Å². The van der Waals surface area contributed by atoms with E-state index >= 15 is 0 Å². The fraction of sp³-hybridized carbons (Fsp3) is 0.250. The number of thioether (sulfide) groups is 2. The van der Waals surface area contributed by atoms with Crippen LogP contribution in [0.2, 0.25) is 0 Å². The molecule has 0 aromatic carbocycles. The molecule has 1 fully saturated rings. The summed E-state index contributed by atoms with van der Waals surface area (Å²) in [4.78, 5) is 48.9. The lowest BCUT2D eigenvalue weighted by atomic mass is 10.0. The van der Waals surface area contributed by atoms with Crippen LogP contribution < -0.4 is 11.1 Å². The van der Waals surface area contributed by atoms with Gasteiger partial charge in [0.05, 0.1) is 11.7 Å². The van der Waals surface area contributed by atoms with E-state index in [0.717, 1.165) is 21.7 Å². The van der Waals surface area contributed by atoms with Crippen LogP contribution in [0.15, 0.2) is 51.2 Å². The number of β-lactam (4-membered cyclic amide) rings is 1. The number of hydrogen-bond donors (Lipinski definition) is 3. The van der Waals surface area contributed by atoms with Crippen LogP contribution in [0.25, 0.3) is 5.52 Å². The maximum Gasteiger partial charge on any atom is 0.352 e. The zero-order valence-corrected chi connectivity index (χ0v) is 21.0. The van der Waals surface area contributed by atoms with Gasteiger partial charge in [0, 0.05) is 28.0 Å². The Bertz CT molecular complexity index is 1430. The van der Waals surface area contributed by atoms with Crippen molar-refractivity contribution >= 4 is 69.0 Å². The van der Waals surface area contributed by atoms with Gasteiger partial charge < -0.3 is 21.0 Å². The Morgan fingerprint density at radius 2 is 2.25 bits per heavy atom. The van der Waals surface area contributed by atoms with Crippen molar-refractivity contribution in [1.29, 1.82) is 0 Å². The normalized spacial score (nSPS) is 19.8. The summed E-state index contributed by atoms with van der Waals surface area (Å²) in [6.45, 7) is 0. The fourth-order valence-corrected chi connectivity index (χ4v) is 6.70. The number of carbonyl (C=O) groups excluding carboxylic acids is 2. The average molecular weight is 547 g/mol. The molecule has 5 heterocycles. The molecule has 2 aliphatic rings. The molecule has 0 saturated carbocycles. The van der Waals surface area contributed by atoms with Crippen LogP contribution in [0.4, 0.5) is 5.13 Å². The van der Waals surface area contributed by atoms with Gasteiger partial charge in [-0.3, -0.25) is 14.5 Å². The molecule has 0 unspecified atom stereocenters. The second kappa shape index (κ2) is 9.79. The number of nitrogen functional groups attached to an aromatic ring is 1. The molecule has 186 valence electrons. The van der Waals surface area contributed by atoms with Crippen LogP contribution in [0.5, 0.6) is 0 Å². The van der Waals surface area contributed by atoms with E-state index in [-0.39, 0.29) is 22.2 Å². The van der Waals surface area contributed by atoms with Gasteiger partial charge in [0.2, 0.25) is 0 Å². The second-order valence-corrected chi connectivity index (χ2v) is 10.6. The molecule has 1 saturated heterocycles. The number of thiazole rings is 1. The van der Waals surface area contributed by atoms with Crippen LogP contribution >= 0.6 is 34.9 Å². The predicted molar refractivity (Wildman–Crippen MR) is 133 cm³/mol. The van der Waals surface area contributed by atoms with E-state index in [1.165, 1.54) is 35.5 Å². The minimum Gasteiger partial charge on any atom is -0.477 e. The minimum absolute atomic E-state index is 0.0540. The Morgan fingerprint density at radius 3 is 2.97 bits per heavy atom. The number of fused-ring (bicyclic) bond motifs is 2. The first kappa shape index (κ1) is 24.1. The van der Waals surface area contributed by atoms with Crippen molar-refractivity contribution in [3.63, 3.8) is 0 Å². The molecular weight excluding hydrogens is 528 g/mol. The fourth-order valence-electron chi connectivity index (χ4n) is 3.75. The average Bonchev–Trinajstić information content (AvgIpc) is 3.51. The second-order valence-electron chi connectivity index (χ2n) is 7.57.